The van der Waals surface area contributed by atoms with E-state index in [4.69, 9.17) is 4.74 Å². The second-order valence-electron chi connectivity index (χ2n) is 4.01. The van der Waals surface area contributed by atoms with E-state index in [1.807, 2.05) is 6.08 Å². The summed E-state index contributed by atoms with van der Waals surface area (Å²) < 4.78 is 5.31. The molecular formula is C12H23ClN2O2. The zero-order valence-corrected chi connectivity index (χ0v) is 11.1. The highest BCUT2D eigenvalue weighted by Gasteiger charge is 2.19. The molecule has 0 atom stereocenters. The van der Waals surface area contributed by atoms with Crippen molar-refractivity contribution < 1.29 is 9.53 Å². The van der Waals surface area contributed by atoms with Gasteiger partial charge in [-0.2, -0.15) is 0 Å². The van der Waals surface area contributed by atoms with Gasteiger partial charge in [0.1, 0.15) is 0 Å². The lowest BCUT2D eigenvalue weighted by Crippen LogP contribution is -2.39. The molecule has 0 saturated carbocycles. The second-order valence-corrected chi connectivity index (χ2v) is 4.01. The van der Waals surface area contributed by atoms with E-state index in [1.165, 1.54) is 0 Å². The fourth-order valence-corrected chi connectivity index (χ4v) is 1.74. The van der Waals surface area contributed by atoms with E-state index >= 15 is 0 Å². The number of carbonyl (C=O) groups is 1. The normalized spacial score (nSPS) is 16.0. The molecule has 5 heteroatoms. The van der Waals surface area contributed by atoms with Crippen LogP contribution in [-0.4, -0.2) is 38.8 Å². The molecule has 0 unspecified atom stereocenters. The third-order valence-corrected chi connectivity index (χ3v) is 2.72. The molecule has 0 aromatic carbocycles. The molecule has 0 spiro atoms. The third-order valence-electron chi connectivity index (χ3n) is 2.72. The van der Waals surface area contributed by atoms with Gasteiger partial charge in [-0.25, -0.2) is 0 Å². The first-order valence-corrected chi connectivity index (χ1v) is 6.01. The predicted octanol–water partition coefficient (Wildman–Crippen LogP) is 1.12. The van der Waals surface area contributed by atoms with Gasteiger partial charge in [0.05, 0.1) is 13.2 Å². The maximum absolute atomic E-state index is 11.7. The number of carbonyl (C=O) groups excluding carboxylic acids is 1. The van der Waals surface area contributed by atoms with E-state index in [0.29, 0.717) is 19.8 Å². The summed E-state index contributed by atoms with van der Waals surface area (Å²) in [5.41, 5.74) is 0. The minimum atomic E-state index is 0. The third kappa shape index (κ3) is 7.36. The zero-order chi connectivity index (χ0) is 11.6. The average molecular weight is 263 g/mol. The van der Waals surface area contributed by atoms with Crippen molar-refractivity contribution in [3.63, 3.8) is 0 Å². The lowest BCUT2D eigenvalue weighted by atomic mass is 9.97. The Balaban J connectivity index is 0.00000256. The molecule has 0 radical (unpaired) electrons. The maximum atomic E-state index is 11.7. The van der Waals surface area contributed by atoms with Crippen molar-refractivity contribution in [1.82, 2.24) is 10.6 Å². The lowest BCUT2D eigenvalue weighted by Gasteiger charge is -2.21. The molecule has 1 aliphatic rings. The monoisotopic (exact) mass is 262 g/mol. The van der Waals surface area contributed by atoms with Crippen LogP contribution in [0, 0.1) is 5.92 Å². The van der Waals surface area contributed by atoms with Crippen molar-refractivity contribution in [2.45, 2.75) is 19.3 Å². The fourth-order valence-electron chi connectivity index (χ4n) is 1.74. The Kier molecular flexibility index (Phi) is 10.2. The summed E-state index contributed by atoms with van der Waals surface area (Å²) >= 11 is 0. The van der Waals surface area contributed by atoms with Gasteiger partial charge >= 0.3 is 0 Å². The molecule has 0 bridgehead atoms. The van der Waals surface area contributed by atoms with Crippen LogP contribution in [0.4, 0.5) is 0 Å². The van der Waals surface area contributed by atoms with E-state index in [0.717, 1.165) is 32.4 Å². The highest BCUT2D eigenvalue weighted by atomic mass is 35.5. The van der Waals surface area contributed by atoms with E-state index in [9.17, 15) is 4.79 Å². The van der Waals surface area contributed by atoms with Gasteiger partial charge in [-0.3, -0.25) is 4.79 Å². The molecule has 1 heterocycles. The first-order valence-electron chi connectivity index (χ1n) is 6.01. The molecule has 1 saturated heterocycles. The van der Waals surface area contributed by atoms with Gasteiger partial charge in [0.2, 0.25) is 5.91 Å². The van der Waals surface area contributed by atoms with E-state index < -0.39 is 0 Å². The van der Waals surface area contributed by atoms with Crippen molar-refractivity contribution >= 4 is 18.3 Å². The standard InChI is InChI=1S/C12H22N2O2.ClH/c1-2-3-9-16-10-8-14-12(15)11-4-6-13-7-5-11;/h2,11,13H,1,3-10H2,(H,14,15);1H. The molecule has 1 aliphatic heterocycles. The molecular weight excluding hydrogens is 240 g/mol. The summed E-state index contributed by atoms with van der Waals surface area (Å²) in [4.78, 5) is 11.7. The van der Waals surface area contributed by atoms with Gasteiger partial charge in [0, 0.05) is 12.5 Å². The van der Waals surface area contributed by atoms with Gasteiger partial charge < -0.3 is 15.4 Å². The molecule has 0 aromatic rings. The fraction of sp³-hybridized carbons (Fsp3) is 0.750. The summed E-state index contributed by atoms with van der Waals surface area (Å²) in [7, 11) is 0. The molecule has 17 heavy (non-hydrogen) atoms. The van der Waals surface area contributed by atoms with Crippen molar-refractivity contribution in [3.05, 3.63) is 12.7 Å². The summed E-state index contributed by atoms with van der Waals surface area (Å²) in [6.07, 6.45) is 4.59. The molecule has 2 N–H and O–H groups in total. The van der Waals surface area contributed by atoms with Crippen molar-refractivity contribution in [2.24, 2.45) is 5.92 Å². The average Bonchev–Trinajstić information content (AvgIpc) is 2.34. The van der Waals surface area contributed by atoms with Crippen LogP contribution in [0.3, 0.4) is 0 Å². The summed E-state index contributed by atoms with van der Waals surface area (Å²) in [5.74, 6) is 0.364. The number of hydrogen-bond donors (Lipinski definition) is 2. The molecule has 1 amide bonds. The van der Waals surface area contributed by atoms with Gasteiger partial charge in [-0.1, -0.05) is 6.08 Å². The SMILES string of the molecule is C=CCCOCCNC(=O)C1CCNCC1.Cl. The highest BCUT2D eigenvalue weighted by Crippen LogP contribution is 2.10. The van der Waals surface area contributed by atoms with E-state index in [1.54, 1.807) is 0 Å². The molecule has 100 valence electrons. The first kappa shape index (κ1) is 16.4. The zero-order valence-electron chi connectivity index (χ0n) is 10.2. The topological polar surface area (TPSA) is 50.4 Å². The summed E-state index contributed by atoms with van der Waals surface area (Å²) in [6.45, 7) is 7.40. The Bertz CT molecular complexity index is 219. The van der Waals surface area contributed by atoms with Crippen LogP contribution in [0.2, 0.25) is 0 Å². The lowest BCUT2D eigenvalue weighted by molar-refractivity contribution is -0.125. The van der Waals surface area contributed by atoms with Crippen LogP contribution in [0.15, 0.2) is 12.7 Å². The van der Waals surface area contributed by atoms with Gasteiger partial charge in [-0.15, -0.1) is 19.0 Å². The Hall–Kier alpha value is -0.580. The summed E-state index contributed by atoms with van der Waals surface area (Å²) in [6, 6.07) is 0. The van der Waals surface area contributed by atoms with Crippen LogP contribution in [-0.2, 0) is 9.53 Å². The smallest absolute Gasteiger partial charge is 0.223 e. The predicted molar refractivity (Wildman–Crippen MR) is 71.5 cm³/mol. The Morgan fingerprint density at radius 2 is 2.12 bits per heavy atom. The van der Waals surface area contributed by atoms with Crippen LogP contribution in [0.25, 0.3) is 0 Å². The van der Waals surface area contributed by atoms with Gasteiger partial charge in [0.15, 0.2) is 0 Å². The number of piperidine rings is 1. The van der Waals surface area contributed by atoms with E-state index in [2.05, 4.69) is 17.2 Å². The largest absolute Gasteiger partial charge is 0.379 e. The number of hydrogen-bond acceptors (Lipinski definition) is 3. The van der Waals surface area contributed by atoms with Gasteiger partial charge in [0.25, 0.3) is 0 Å². The Labute approximate surface area is 110 Å². The van der Waals surface area contributed by atoms with Crippen LogP contribution in [0.1, 0.15) is 19.3 Å². The van der Waals surface area contributed by atoms with Crippen molar-refractivity contribution in [1.29, 1.82) is 0 Å². The quantitative estimate of drug-likeness (QED) is 0.534. The maximum Gasteiger partial charge on any atom is 0.223 e. The number of nitrogens with one attached hydrogen (secondary N) is 2. The van der Waals surface area contributed by atoms with Gasteiger partial charge in [-0.05, 0) is 32.4 Å². The number of halogens is 1. The van der Waals surface area contributed by atoms with Crippen molar-refractivity contribution in [3.8, 4) is 0 Å². The van der Waals surface area contributed by atoms with Crippen LogP contribution in [0.5, 0.6) is 0 Å². The minimum Gasteiger partial charge on any atom is -0.379 e. The van der Waals surface area contributed by atoms with Crippen LogP contribution < -0.4 is 10.6 Å². The number of amides is 1. The number of ether oxygens (including phenoxy) is 1. The Morgan fingerprint density at radius 3 is 2.76 bits per heavy atom. The Morgan fingerprint density at radius 1 is 1.41 bits per heavy atom. The molecule has 1 rings (SSSR count). The summed E-state index contributed by atoms with van der Waals surface area (Å²) in [5, 5.41) is 6.16. The molecule has 0 aliphatic carbocycles. The number of rotatable bonds is 7. The van der Waals surface area contributed by atoms with Crippen molar-refractivity contribution in [2.75, 3.05) is 32.8 Å². The van der Waals surface area contributed by atoms with E-state index in [-0.39, 0.29) is 24.2 Å². The molecule has 0 aromatic heterocycles. The molecule has 1 fully saturated rings. The first-order chi connectivity index (χ1) is 7.84. The minimum absolute atomic E-state index is 0. The highest BCUT2D eigenvalue weighted by molar-refractivity contribution is 5.85. The molecule has 4 nitrogen and oxygen atoms in total. The second kappa shape index (κ2) is 10.6. The van der Waals surface area contributed by atoms with Crippen LogP contribution >= 0.6 is 12.4 Å².